The minimum absolute atomic E-state index is 0.213. The molecule has 0 atom stereocenters. The van der Waals surface area contributed by atoms with Crippen molar-refractivity contribution in [3.8, 4) is 0 Å². The summed E-state index contributed by atoms with van der Waals surface area (Å²) in [5.41, 5.74) is 2.05. The Kier molecular flexibility index (Phi) is 3.81. The molecule has 1 aliphatic rings. The van der Waals surface area contributed by atoms with Gasteiger partial charge >= 0.3 is 0 Å². The predicted molar refractivity (Wildman–Crippen MR) is 75.6 cm³/mol. The maximum Gasteiger partial charge on any atom is 0.0521 e. The van der Waals surface area contributed by atoms with Gasteiger partial charge in [-0.05, 0) is 51.0 Å². The van der Waals surface area contributed by atoms with Gasteiger partial charge in [-0.3, -0.25) is 4.68 Å². The van der Waals surface area contributed by atoms with Crippen molar-refractivity contribution in [2.75, 3.05) is 6.54 Å². The summed E-state index contributed by atoms with van der Waals surface area (Å²) in [7, 11) is 2.00. The first-order valence-electron chi connectivity index (χ1n) is 7.11. The van der Waals surface area contributed by atoms with E-state index in [1.54, 1.807) is 0 Å². The fraction of sp³-hybridized carbons (Fsp3) is 0.800. The zero-order chi connectivity index (χ0) is 13.2. The molecule has 0 bridgehead atoms. The third-order valence-electron chi connectivity index (χ3n) is 4.00. The van der Waals surface area contributed by atoms with E-state index in [4.69, 9.17) is 0 Å². The molecular weight excluding hydrogens is 222 g/mol. The van der Waals surface area contributed by atoms with Crippen molar-refractivity contribution < 1.29 is 0 Å². The summed E-state index contributed by atoms with van der Waals surface area (Å²) in [5, 5.41) is 8.00. The Morgan fingerprint density at radius 3 is 2.50 bits per heavy atom. The molecule has 3 heteroatoms. The van der Waals surface area contributed by atoms with Gasteiger partial charge in [0.2, 0.25) is 0 Å². The summed E-state index contributed by atoms with van der Waals surface area (Å²) in [6.45, 7) is 7.88. The van der Waals surface area contributed by atoms with Gasteiger partial charge in [-0.2, -0.15) is 5.10 Å². The Bertz CT molecular complexity index is 381. The zero-order valence-electron chi connectivity index (χ0n) is 12.3. The molecule has 102 valence electrons. The van der Waals surface area contributed by atoms with Crippen LogP contribution in [-0.4, -0.2) is 21.9 Å². The van der Waals surface area contributed by atoms with Crippen molar-refractivity contribution in [1.29, 1.82) is 0 Å². The third-order valence-corrected chi connectivity index (χ3v) is 4.00. The van der Waals surface area contributed by atoms with E-state index in [1.165, 1.54) is 37.7 Å². The lowest BCUT2D eigenvalue weighted by atomic mass is 9.80. The highest BCUT2D eigenvalue weighted by atomic mass is 15.2. The van der Waals surface area contributed by atoms with Crippen molar-refractivity contribution in [3.05, 3.63) is 18.0 Å². The lowest BCUT2D eigenvalue weighted by molar-refractivity contribution is 0.245. The number of hydrogen-bond acceptors (Lipinski definition) is 2. The summed E-state index contributed by atoms with van der Waals surface area (Å²) in [6, 6.07) is 0. The van der Waals surface area contributed by atoms with Crippen molar-refractivity contribution in [2.24, 2.45) is 12.5 Å². The summed E-state index contributed by atoms with van der Waals surface area (Å²) >= 11 is 0. The van der Waals surface area contributed by atoms with Crippen LogP contribution in [0.15, 0.2) is 12.4 Å². The normalized spacial score (nSPS) is 19.3. The second-order valence-corrected chi connectivity index (χ2v) is 7.01. The second kappa shape index (κ2) is 5.04. The molecule has 2 rings (SSSR count). The molecule has 3 nitrogen and oxygen atoms in total. The largest absolute Gasteiger partial charge is 0.312 e. The first-order chi connectivity index (χ1) is 8.39. The lowest BCUT2D eigenvalue weighted by Gasteiger charge is -2.33. The highest BCUT2D eigenvalue weighted by Gasteiger charge is 2.34. The van der Waals surface area contributed by atoms with Crippen molar-refractivity contribution in [2.45, 2.75) is 58.4 Å². The lowest BCUT2D eigenvalue weighted by Crippen LogP contribution is -2.43. The number of rotatable bonds is 4. The van der Waals surface area contributed by atoms with Gasteiger partial charge in [0, 0.05) is 25.3 Å². The highest BCUT2D eigenvalue weighted by Crippen LogP contribution is 2.40. The van der Waals surface area contributed by atoms with E-state index in [0.717, 1.165) is 6.54 Å². The molecule has 1 aromatic heterocycles. The topological polar surface area (TPSA) is 29.9 Å². The molecule has 1 fully saturated rings. The average Bonchev–Trinajstić information content (AvgIpc) is 2.86. The number of nitrogens with zero attached hydrogens (tertiary/aromatic N) is 2. The molecule has 1 heterocycles. The van der Waals surface area contributed by atoms with Crippen LogP contribution in [0.3, 0.4) is 0 Å². The van der Waals surface area contributed by atoms with E-state index in [0.29, 0.717) is 5.41 Å². The maximum absolute atomic E-state index is 4.29. The van der Waals surface area contributed by atoms with Crippen molar-refractivity contribution in [1.82, 2.24) is 15.1 Å². The number of nitrogens with one attached hydrogen (secondary N) is 1. The van der Waals surface area contributed by atoms with Crippen LogP contribution in [0.2, 0.25) is 0 Å². The van der Waals surface area contributed by atoms with E-state index in [9.17, 15) is 0 Å². The van der Waals surface area contributed by atoms with Crippen LogP contribution < -0.4 is 5.32 Å². The molecule has 1 N–H and O–H groups in total. The highest BCUT2D eigenvalue weighted by molar-refractivity contribution is 5.09. The molecule has 0 saturated heterocycles. The molecule has 1 aliphatic carbocycles. The van der Waals surface area contributed by atoms with Crippen LogP contribution in [0.1, 0.15) is 52.0 Å². The minimum Gasteiger partial charge on any atom is -0.312 e. The fourth-order valence-corrected chi connectivity index (χ4v) is 2.99. The summed E-state index contributed by atoms with van der Waals surface area (Å²) < 4.78 is 1.91. The fourth-order valence-electron chi connectivity index (χ4n) is 2.99. The van der Waals surface area contributed by atoms with Crippen LogP contribution >= 0.6 is 0 Å². The molecule has 0 amide bonds. The molecule has 0 aliphatic heterocycles. The van der Waals surface area contributed by atoms with Gasteiger partial charge in [0.05, 0.1) is 6.20 Å². The van der Waals surface area contributed by atoms with Gasteiger partial charge in [0.1, 0.15) is 0 Å². The van der Waals surface area contributed by atoms with Crippen LogP contribution in [0, 0.1) is 5.41 Å². The van der Waals surface area contributed by atoms with Crippen LogP contribution in [0.5, 0.6) is 0 Å². The molecule has 1 saturated carbocycles. The third kappa shape index (κ3) is 3.58. The SMILES string of the molecule is Cn1cc(CC2(CNC(C)(C)C)CCCC2)cn1. The quantitative estimate of drug-likeness (QED) is 0.889. The van der Waals surface area contributed by atoms with Gasteiger partial charge < -0.3 is 5.32 Å². The molecule has 0 radical (unpaired) electrons. The Morgan fingerprint density at radius 2 is 2.00 bits per heavy atom. The van der Waals surface area contributed by atoms with Crippen LogP contribution in [0.4, 0.5) is 0 Å². The summed E-state index contributed by atoms with van der Waals surface area (Å²) in [4.78, 5) is 0. The number of hydrogen-bond donors (Lipinski definition) is 1. The first kappa shape index (κ1) is 13.6. The van der Waals surface area contributed by atoms with Gasteiger partial charge in [-0.25, -0.2) is 0 Å². The second-order valence-electron chi connectivity index (χ2n) is 7.01. The van der Waals surface area contributed by atoms with Crippen molar-refractivity contribution in [3.63, 3.8) is 0 Å². The molecule has 0 spiro atoms. The average molecular weight is 249 g/mol. The van der Waals surface area contributed by atoms with E-state index >= 15 is 0 Å². The minimum atomic E-state index is 0.213. The standard InChI is InChI=1S/C15H27N3/c1-14(2,3)16-12-15(7-5-6-8-15)9-13-10-17-18(4)11-13/h10-11,16H,5-9,12H2,1-4H3. The maximum atomic E-state index is 4.29. The van der Waals surface area contributed by atoms with Gasteiger partial charge in [-0.15, -0.1) is 0 Å². The zero-order valence-corrected chi connectivity index (χ0v) is 12.3. The van der Waals surface area contributed by atoms with E-state index in [-0.39, 0.29) is 5.54 Å². The van der Waals surface area contributed by atoms with Crippen molar-refractivity contribution >= 4 is 0 Å². The Hall–Kier alpha value is -0.830. The Morgan fingerprint density at radius 1 is 1.33 bits per heavy atom. The number of aromatic nitrogens is 2. The molecule has 0 aromatic carbocycles. The molecule has 0 unspecified atom stereocenters. The van der Waals surface area contributed by atoms with E-state index < -0.39 is 0 Å². The number of aryl methyl sites for hydroxylation is 1. The van der Waals surface area contributed by atoms with Crippen LogP contribution in [0.25, 0.3) is 0 Å². The van der Waals surface area contributed by atoms with Crippen LogP contribution in [-0.2, 0) is 13.5 Å². The van der Waals surface area contributed by atoms with E-state index in [1.807, 2.05) is 17.9 Å². The summed E-state index contributed by atoms with van der Waals surface area (Å²) in [5.74, 6) is 0. The smallest absolute Gasteiger partial charge is 0.0521 e. The Labute approximate surface area is 111 Å². The molecule has 18 heavy (non-hydrogen) atoms. The Balaban J connectivity index is 2.02. The molecule has 1 aromatic rings. The van der Waals surface area contributed by atoms with Gasteiger partial charge in [0.15, 0.2) is 0 Å². The van der Waals surface area contributed by atoms with Gasteiger partial charge in [-0.1, -0.05) is 12.8 Å². The van der Waals surface area contributed by atoms with E-state index in [2.05, 4.69) is 37.4 Å². The van der Waals surface area contributed by atoms with Gasteiger partial charge in [0.25, 0.3) is 0 Å². The summed E-state index contributed by atoms with van der Waals surface area (Å²) in [6.07, 6.45) is 10.8. The first-order valence-corrected chi connectivity index (χ1v) is 7.11. The monoisotopic (exact) mass is 249 g/mol. The predicted octanol–water partition coefficient (Wildman–Crippen LogP) is 2.91. The molecular formula is C15H27N3.